The third-order valence-corrected chi connectivity index (χ3v) is 2.12. The van der Waals surface area contributed by atoms with Crippen LogP contribution in [0, 0.1) is 0 Å². The fourth-order valence-corrected chi connectivity index (χ4v) is 1.27. The first-order valence-corrected chi connectivity index (χ1v) is 5.97. The van der Waals surface area contributed by atoms with Gasteiger partial charge in [-0.15, -0.1) is 0 Å². The van der Waals surface area contributed by atoms with Crippen LogP contribution in [0.2, 0.25) is 0 Å². The lowest BCUT2D eigenvalue weighted by Gasteiger charge is -1.94. The van der Waals surface area contributed by atoms with Crippen molar-refractivity contribution in [2.45, 2.75) is 46.0 Å². The molecule has 0 saturated carbocycles. The van der Waals surface area contributed by atoms with E-state index in [1.807, 2.05) is 13.8 Å². The van der Waals surface area contributed by atoms with Gasteiger partial charge in [0.2, 0.25) is 0 Å². The summed E-state index contributed by atoms with van der Waals surface area (Å²) in [5.41, 5.74) is 0. The van der Waals surface area contributed by atoms with Gasteiger partial charge in [-0.3, -0.25) is 0 Å². The van der Waals surface area contributed by atoms with Crippen molar-refractivity contribution < 1.29 is 0 Å². The van der Waals surface area contributed by atoms with Gasteiger partial charge < -0.3 is 0 Å². The van der Waals surface area contributed by atoms with Gasteiger partial charge in [-0.1, -0.05) is 55.0 Å². The first kappa shape index (κ1) is 14.0. The van der Waals surface area contributed by atoms with Crippen LogP contribution < -0.4 is 0 Å². The normalized spacial score (nSPS) is 12.9. The molecule has 0 amide bonds. The predicted molar refractivity (Wildman–Crippen MR) is 71.0 cm³/mol. The first-order chi connectivity index (χ1) is 7.41. The van der Waals surface area contributed by atoms with Crippen LogP contribution in [0.15, 0.2) is 48.6 Å². The van der Waals surface area contributed by atoms with Crippen molar-refractivity contribution in [2.24, 2.45) is 0 Å². The Bertz CT molecular complexity index is 192. The molecule has 0 aromatic heterocycles. The highest BCUT2D eigenvalue weighted by Crippen LogP contribution is 2.04. The average molecular weight is 204 g/mol. The lowest BCUT2D eigenvalue weighted by atomic mass is 10.1. The van der Waals surface area contributed by atoms with Gasteiger partial charge in [0.1, 0.15) is 0 Å². The number of unbranched alkanes of at least 4 members (excludes halogenated alkanes) is 4. The second-order valence-corrected chi connectivity index (χ2v) is 3.55. The minimum absolute atomic E-state index is 1.21. The fraction of sp³-hybridized carbons (Fsp3) is 0.467. The van der Waals surface area contributed by atoms with Crippen LogP contribution in [0.25, 0.3) is 0 Å². The van der Waals surface area contributed by atoms with Gasteiger partial charge in [0.15, 0.2) is 0 Å². The van der Waals surface area contributed by atoms with Crippen molar-refractivity contribution in [3.05, 3.63) is 48.6 Å². The topological polar surface area (TPSA) is 0 Å². The van der Waals surface area contributed by atoms with Crippen LogP contribution in [-0.2, 0) is 0 Å². The van der Waals surface area contributed by atoms with Crippen LogP contribution in [0.3, 0.4) is 0 Å². The van der Waals surface area contributed by atoms with E-state index in [1.54, 1.807) is 0 Å². The van der Waals surface area contributed by atoms with Crippen LogP contribution in [0.1, 0.15) is 46.0 Å². The summed E-state index contributed by atoms with van der Waals surface area (Å²) in [6.45, 7) is 4.09. The van der Waals surface area contributed by atoms with Gasteiger partial charge in [0.25, 0.3) is 0 Å². The molecule has 0 heteroatoms. The molecule has 0 rings (SSSR count). The van der Waals surface area contributed by atoms with Crippen molar-refractivity contribution in [1.29, 1.82) is 0 Å². The molecule has 0 saturated heterocycles. The molecule has 0 nitrogen and oxygen atoms in total. The molecule has 0 fully saturated rings. The van der Waals surface area contributed by atoms with Gasteiger partial charge in [-0.05, 0) is 39.5 Å². The molecule has 0 radical (unpaired) electrons. The molecule has 0 unspecified atom stereocenters. The van der Waals surface area contributed by atoms with E-state index in [1.165, 1.54) is 32.1 Å². The molecule has 0 aromatic carbocycles. The second-order valence-electron chi connectivity index (χ2n) is 3.55. The summed E-state index contributed by atoms with van der Waals surface area (Å²) in [6.07, 6.45) is 23.4. The van der Waals surface area contributed by atoms with Crippen molar-refractivity contribution in [3.63, 3.8) is 0 Å². The third-order valence-electron chi connectivity index (χ3n) is 2.12. The Morgan fingerprint density at radius 1 is 0.600 bits per heavy atom. The standard InChI is InChI=1S/C15H24/c1-3-5-7-9-11-13-15-14-12-10-8-6-4-2/h3-10H,11-15H2,1-2H3. The molecule has 0 spiro atoms. The largest absolute Gasteiger partial charge is 0.0877 e. The maximum atomic E-state index is 2.25. The van der Waals surface area contributed by atoms with Crippen LogP contribution in [-0.4, -0.2) is 0 Å². The predicted octanol–water partition coefficient (Wildman–Crippen LogP) is 5.20. The summed E-state index contributed by atoms with van der Waals surface area (Å²) in [6, 6.07) is 0. The van der Waals surface area contributed by atoms with Crippen molar-refractivity contribution in [1.82, 2.24) is 0 Å². The third kappa shape index (κ3) is 13.0. The van der Waals surface area contributed by atoms with E-state index in [0.717, 1.165) is 0 Å². The molecule has 0 atom stereocenters. The Kier molecular flexibility index (Phi) is 12.1. The number of hydrogen-bond acceptors (Lipinski definition) is 0. The summed E-state index contributed by atoms with van der Waals surface area (Å²) < 4.78 is 0. The van der Waals surface area contributed by atoms with Crippen LogP contribution >= 0.6 is 0 Å². The Morgan fingerprint density at radius 3 is 1.47 bits per heavy atom. The molecular weight excluding hydrogens is 180 g/mol. The van der Waals surface area contributed by atoms with E-state index in [4.69, 9.17) is 0 Å². The van der Waals surface area contributed by atoms with E-state index >= 15 is 0 Å². The molecule has 15 heavy (non-hydrogen) atoms. The number of hydrogen-bond donors (Lipinski definition) is 0. The lowest BCUT2D eigenvalue weighted by Crippen LogP contribution is -1.74. The molecule has 0 aliphatic heterocycles. The highest BCUT2D eigenvalue weighted by atomic mass is 13.9. The SMILES string of the molecule is CC=CC=CCCCCCC=CC=CC. The summed E-state index contributed by atoms with van der Waals surface area (Å²) in [5, 5.41) is 0. The van der Waals surface area contributed by atoms with Gasteiger partial charge in [0.05, 0.1) is 0 Å². The number of rotatable bonds is 8. The average Bonchev–Trinajstić information content (AvgIpc) is 2.26. The van der Waals surface area contributed by atoms with Crippen molar-refractivity contribution >= 4 is 0 Å². The molecule has 0 heterocycles. The van der Waals surface area contributed by atoms with E-state index < -0.39 is 0 Å². The summed E-state index contributed by atoms with van der Waals surface area (Å²) in [4.78, 5) is 0. The zero-order valence-corrected chi connectivity index (χ0v) is 10.2. The van der Waals surface area contributed by atoms with E-state index in [0.29, 0.717) is 0 Å². The van der Waals surface area contributed by atoms with Crippen molar-refractivity contribution in [3.8, 4) is 0 Å². The molecule has 0 aromatic rings. The molecule has 0 aliphatic carbocycles. The lowest BCUT2D eigenvalue weighted by molar-refractivity contribution is 0.696. The molecule has 84 valence electrons. The highest BCUT2D eigenvalue weighted by molar-refractivity contribution is 5.01. The highest BCUT2D eigenvalue weighted by Gasteiger charge is 1.84. The Labute approximate surface area is 95.1 Å². The van der Waals surface area contributed by atoms with Crippen LogP contribution in [0.5, 0.6) is 0 Å². The Balaban J connectivity index is 3.18. The smallest absolute Gasteiger partial charge is 0.0348 e. The van der Waals surface area contributed by atoms with Crippen LogP contribution in [0.4, 0.5) is 0 Å². The van der Waals surface area contributed by atoms with E-state index in [9.17, 15) is 0 Å². The Morgan fingerprint density at radius 2 is 1.07 bits per heavy atom. The maximum absolute atomic E-state index is 2.25. The molecule has 0 aliphatic rings. The molecular formula is C15H24. The van der Waals surface area contributed by atoms with Gasteiger partial charge in [0, 0.05) is 0 Å². The number of allylic oxidation sites excluding steroid dienone is 8. The zero-order valence-electron chi connectivity index (χ0n) is 10.2. The van der Waals surface area contributed by atoms with Crippen molar-refractivity contribution in [2.75, 3.05) is 0 Å². The minimum Gasteiger partial charge on any atom is -0.0877 e. The first-order valence-electron chi connectivity index (χ1n) is 5.97. The fourth-order valence-electron chi connectivity index (χ4n) is 1.27. The van der Waals surface area contributed by atoms with E-state index in [2.05, 4.69) is 48.6 Å². The van der Waals surface area contributed by atoms with Gasteiger partial charge in [-0.2, -0.15) is 0 Å². The quantitative estimate of drug-likeness (QED) is 0.376. The Hall–Kier alpha value is -1.04. The van der Waals surface area contributed by atoms with Gasteiger partial charge >= 0.3 is 0 Å². The maximum Gasteiger partial charge on any atom is -0.0348 e. The minimum atomic E-state index is 1.21. The summed E-state index contributed by atoms with van der Waals surface area (Å²) >= 11 is 0. The monoisotopic (exact) mass is 204 g/mol. The van der Waals surface area contributed by atoms with Gasteiger partial charge in [-0.25, -0.2) is 0 Å². The van der Waals surface area contributed by atoms with E-state index in [-0.39, 0.29) is 0 Å². The molecule has 0 N–H and O–H groups in total. The second kappa shape index (κ2) is 13.0. The molecule has 0 bridgehead atoms. The summed E-state index contributed by atoms with van der Waals surface area (Å²) in [7, 11) is 0. The summed E-state index contributed by atoms with van der Waals surface area (Å²) in [5.74, 6) is 0. The zero-order chi connectivity index (χ0) is 11.2.